The number of rotatable bonds is 2. The lowest BCUT2D eigenvalue weighted by atomic mass is 10.2. The lowest BCUT2D eigenvalue weighted by molar-refractivity contribution is -0.137. The van der Waals surface area contributed by atoms with E-state index in [1.807, 2.05) is 0 Å². The fourth-order valence-corrected chi connectivity index (χ4v) is 1.88. The van der Waals surface area contributed by atoms with Gasteiger partial charge in [-0.05, 0) is 25.1 Å². The second-order valence-corrected chi connectivity index (χ2v) is 4.41. The van der Waals surface area contributed by atoms with Gasteiger partial charge in [-0.15, -0.1) is 0 Å². The summed E-state index contributed by atoms with van der Waals surface area (Å²) in [5.74, 6) is 0. The van der Waals surface area contributed by atoms with E-state index in [4.69, 9.17) is 16.7 Å². The maximum absolute atomic E-state index is 12.7. The predicted octanol–water partition coefficient (Wildman–Crippen LogP) is 3.35. The minimum atomic E-state index is -4.52. The molecule has 0 fully saturated rings. The molecule has 1 heterocycles. The summed E-state index contributed by atoms with van der Waals surface area (Å²) in [4.78, 5) is 0. The first-order valence-corrected chi connectivity index (χ1v) is 5.74. The van der Waals surface area contributed by atoms with Crippen molar-refractivity contribution in [1.29, 1.82) is 0 Å². The van der Waals surface area contributed by atoms with Crippen LogP contribution in [0.25, 0.3) is 5.69 Å². The fourth-order valence-electron chi connectivity index (χ4n) is 1.66. The van der Waals surface area contributed by atoms with Crippen LogP contribution in [0.2, 0.25) is 5.02 Å². The molecule has 0 atom stereocenters. The number of hydrogen-bond donors (Lipinski definition) is 1. The molecule has 0 radical (unpaired) electrons. The Morgan fingerprint density at radius 1 is 1.37 bits per heavy atom. The third-order valence-electron chi connectivity index (χ3n) is 2.69. The van der Waals surface area contributed by atoms with Crippen LogP contribution in [0.4, 0.5) is 13.2 Å². The summed E-state index contributed by atoms with van der Waals surface area (Å²) in [5.41, 5.74) is 0.444. The molecule has 7 heteroatoms. The van der Waals surface area contributed by atoms with Crippen LogP contribution in [-0.2, 0) is 12.8 Å². The van der Waals surface area contributed by atoms with Crippen molar-refractivity contribution in [2.75, 3.05) is 0 Å². The van der Waals surface area contributed by atoms with Gasteiger partial charge in [-0.25, -0.2) is 4.68 Å². The Balaban J connectivity index is 2.51. The van der Waals surface area contributed by atoms with Gasteiger partial charge in [-0.1, -0.05) is 11.6 Å². The van der Waals surface area contributed by atoms with Crippen LogP contribution in [0.3, 0.4) is 0 Å². The Labute approximate surface area is 112 Å². The molecule has 0 bridgehead atoms. The molecule has 0 aliphatic rings. The molecule has 0 spiro atoms. The highest BCUT2D eigenvalue weighted by atomic mass is 35.5. The normalized spacial score (nSPS) is 11.9. The zero-order valence-electron chi connectivity index (χ0n) is 9.87. The summed E-state index contributed by atoms with van der Waals surface area (Å²) in [7, 11) is 0. The fraction of sp³-hybridized carbons (Fsp3) is 0.250. The summed E-state index contributed by atoms with van der Waals surface area (Å²) in [6.45, 7) is 1.45. The molecule has 2 rings (SSSR count). The summed E-state index contributed by atoms with van der Waals surface area (Å²) >= 11 is 5.54. The number of aliphatic hydroxyl groups excluding tert-OH is 1. The molecule has 0 saturated carbocycles. The maximum atomic E-state index is 12.7. The van der Waals surface area contributed by atoms with Crippen molar-refractivity contribution < 1.29 is 18.3 Å². The van der Waals surface area contributed by atoms with E-state index < -0.39 is 11.7 Å². The van der Waals surface area contributed by atoms with Gasteiger partial charge >= 0.3 is 6.18 Å². The lowest BCUT2D eigenvalue weighted by Gasteiger charge is -2.10. The summed E-state index contributed by atoms with van der Waals surface area (Å²) in [6.07, 6.45) is -3.03. The first-order chi connectivity index (χ1) is 8.82. The van der Waals surface area contributed by atoms with E-state index in [0.29, 0.717) is 11.3 Å². The zero-order valence-corrected chi connectivity index (χ0v) is 10.6. The Morgan fingerprint density at radius 2 is 2.05 bits per heavy atom. The molecule has 1 N–H and O–H groups in total. The Morgan fingerprint density at radius 3 is 2.58 bits per heavy atom. The average Bonchev–Trinajstić information content (AvgIpc) is 2.69. The Kier molecular flexibility index (Phi) is 3.56. The number of alkyl halides is 3. The number of hydrogen-bond acceptors (Lipinski definition) is 2. The van der Waals surface area contributed by atoms with Crippen LogP contribution in [0, 0.1) is 6.92 Å². The topological polar surface area (TPSA) is 38.0 Å². The van der Waals surface area contributed by atoms with E-state index in [-0.39, 0.29) is 17.3 Å². The molecule has 2 aromatic rings. The van der Waals surface area contributed by atoms with Gasteiger partial charge in [0.15, 0.2) is 0 Å². The first kappa shape index (κ1) is 13.9. The molecule has 19 heavy (non-hydrogen) atoms. The van der Waals surface area contributed by atoms with Crippen LogP contribution in [-0.4, -0.2) is 14.9 Å². The smallest absolute Gasteiger partial charge is 0.392 e. The second-order valence-electron chi connectivity index (χ2n) is 4.00. The molecular weight excluding hydrogens is 281 g/mol. The van der Waals surface area contributed by atoms with E-state index in [2.05, 4.69) is 5.10 Å². The van der Waals surface area contributed by atoms with E-state index in [9.17, 15) is 13.2 Å². The molecular formula is C12H10ClF3N2O. The highest BCUT2D eigenvalue weighted by Crippen LogP contribution is 2.35. The molecule has 102 valence electrons. The highest BCUT2D eigenvalue weighted by molar-refractivity contribution is 6.31. The number of nitrogens with zero attached hydrogens (tertiary/aromatic N) is 2. The summed E-state index contributed by atoms with van der Waals surface area (Å²) < 4.78 is 39.5. The van der Waals surface area contributed by atoms with E-state index >= 15 is 0 Å². The van der Waals surface area contributed by atoms with E-state index in [1.165, 1.54) is 23.0 Å². The van der Waals surface area contributed by atoms with Crippen LogP contribution in [0.15, 0.2) is 24.4 Å². The van der Waals surface area contributed by atoms with Gasteiger partial charge < -0.3 is 5.11 Å². The number of halogens is 4. The van der Waals surface area contributed by atoms with Crippen LogP contribution < -0.4 is 0 Å². The zero-order chi connectivity index (χ0) is 14.2. The van der Waals surface area contributed by atoms with Gasteiger partial charge in [0, 0.05) is 11.8 Å². The number of aromatic nitrogens is 2. The third kappa shape index (κ3) is 2.74. The monoisotopic (exact) mass is 290 g/mol. The molecule has 0 aliphatic heterocycles. The molecule has 1 aromatic carbocycles. The van der Waals surface area contributed by atoms with Gasteiger partial charge in [-0.2, -0.15) is 18.3 Å². The summed E-state index contributed by atoms with van der Waals surface area (Å²) in [5, 5.41) is 12.7. The molecule has 3 nitrogen and oxygen atoms in total. The van der Waals surface area contributed by atoms with Crippen molar-refractivity contribution in [3.05, 3.63) is 46.2 Å². The summed E-state index contributed by atoms with van der Waals surface area (Å²) in [6, 6.07) is 3.54. The highest BCUT2D eigenvalue weighted by Gasteiger charge is 2.33. The average molecular weight is 291 g/mol. The van der Waals surface area contributed by atoms with Crippen molar-refractivity contribution in [3.63, 3.8) is 0 Å². The minimum Gasteiger partial charge on any atom is -0.392 e. The standard InChI is InChI=1S/C12H10ClF3N2O/c1-7-8(6-19)5-18(17-7)9-2-3-11(13)10(4-9)12(14,15)16/h2-5,19H,6H2,1H3. The predicted molar refractivity (Wildman–Crippen MR) is 64.2 cm³/mol. The molecule has 0 unspecified atom stereocenters. The van der Waals surface area contributed by atoms with Crippen molar-refractivity contribution in [2.45, 2.75) is 19.7 Å². The second kappa shape index (κ2) is 4.86. The van der Waals surface area contributed by atoms with Gasteiger partial charge in [-0.3, -0.25) is 0 Å². The minimum absolute atomic E-state index is 0.217. The quantitative estimate of drug-likeness (QED) is 0.921. The lowest BCUT2D eigenvalue weighted by Crippen LogP contribution is -2.07. The van der Waals surface area contributed by atoms with E-state index in [0.717, 1.165) is 6.07 Å². The Bertz CT molecular complexity index is 608. The third-order valence-corrected chi connectivity index (χ3v) is 3.02. The van der Waals surface area contributed by atoms with Gasteiger partial charge in [0.1, 0.15) is 0 Å². The SMILES string of the molecule is Cc1nn(-c2ccc(Cl)c(C(F)(F)F)c2)cc1CO. The van der Waals surface area contributed by atoms with Crippen molar-refractivity contribution in [2.24, 2.45) is 0 Å². The number of aliphatic hydroxyl groups is 1. The van der Waals surface area contributed by atoms with Crippen molar-refractivity contribution in [1.82, 2.24) is 9.78 Å². The van der Waals surface area contributed by atoms with Gasteiger partial charge in [0.05, 0.1) is 28.6 Å². The molecule has 0 saturated heterocycles. The maximum Gasteiger partial charge on any atom is 0.417 e. The van der Waals surface area contributed by atoms with Crippen molar-refractivity contribution in [3.8, 4) is 5.69 Å². The molecule has 0 amide bonds. The van der Waals surface area contributed by atoms with E-state index in [1.54, 1.807) is 6.92 Å². The number of benzene rings is 1. The Hall–Kier alpha value is -1.53. The largest absolute Gasteiger partial charge is 0.417 e. The van der Waals surface area contributed by atoms with Crippen LogP contribution in [0.5, 0.6) is 0 Å². The van der Waals surface area contributed by atoms with Crippen LogP contribution in [0.1, 0.15) is 16.8 Å². The van der Waals surface area contributed by atoms with Gasteiger partial charge in [0.25, 0.3) is 0 Å². The first-order valence-electron chi connectivity index (χ1n) is 5.36. The van der Waals surface area contributed by atoms with Gasteiger partial charge in [0.2, 0.25) is 0 Å². The number of aryl methyl sites for hydroxylation is 1. The van der Waals surface area contributed by atoms with Crippen molar-refractivity contribution >= 4 is 11.6 Å². The molecule has 0 aliphatic carbocycles. The van der Waals surface area contributed by atoms with Crippen LogP contribution >= 0.6 is 11.6 Å². The molecule has 1 aromatic heterocycles.